The van der Waals surface area contributed by atoms with Crippen molar-refractivity contribution in [2.24, 2.45) is 5.92 Å². The summed E-state index contributed by atoms with van der Waals surface area (Å²) in [4.78, 5) is 27.0. The number of carbonyl (C=O) groups is 2. The van der Waals surface area contributed by atoms with Gasteiger partial charge in [-0.15, -0.1) is 0 Å². The van der Waals surface area contributed by atoms with Gasteiger partial charge in [-0.25, -0.2) is 0 Å². The molecule has 3 atom stereocenters. The Morgan fingerprint density at radius 3 is 2.33 bits per heavy atom. The maximum Gasteiger partial charge on any atom is 0.248 e. The predicted molar refractivity (Wildman–Crippen MR) is 82.6 cm³/mol. The molecular weight excluding hydrogens is 264 g/mol. The monoisotopic (exact) mass is 288 g/mol. The van der Waals surface area contributed by atoms with Gasteiger partial charge >= 0.3 is 0 Å². The van der Waals surface area contributed by atoms with Gasteiger partial charge in [-0.05, 0) is 24.8 Å². The third kappa shape index (κ3) is 2.94. The van der Waals surface area contributed by atoms with Gasteiger partial charge in [-0.2, -0.15) is 0 Å². The van der Waals surface area contributed by atoms with Crippen LogP contribution in [0, 0.1) is 5.92 Å². The average molecular weight is 288 g/mol. The highest BCUT2D eigenvalue weighted by molar-refractivity contribution is 5.97. The van der Waals surface area contributed by atoms with E-state index in [1.54, 1.807) is 11.8 Å². The SMILES string of the molecule is CCC(C(C)C)N1C(=O)C(C)NC(=O)C1c1ccccc1. The zero-order chi connectivity index (χ0) is 15.6. The van der Waals surface area contributed by atoms with Crippen LogP contribution >= 0.6 is 0 Å². The van der Waals surface area contributed by atoms with Crippen molar-refractivity contribution in [2.45, 2.75) is 52.2 Å². The van der Waals surface area contributed by atoms with E-state index in [-0.39, 0.29) is 17.9 Å². The fourth-order valence-electron chi connectivity index (χ4n) is 3.12. The maximum absolute atomic E-state index is 12.7. The van der Waals surface area contributed by atoms with Gasteiger partial charge in [0.15, 0.2) is 0 Å². The average Bonchev–Trinajstić information content (AvgIpc) is 2.45. The molecule has 1 saturated heterocycles. The van der Waals surface area contributed by atoms with Crippen LogP contribution in [0.25, 0.3) is 0 Å². The quantitative estimate of drug-likeness (QED) is 0.925. The molecule has 1 fully saturated rings. The van der Waals surface area contributed by atoms with Crippen LogP contribution in [0.1, 0.15) is 45.7 Å². The van der Waals surface area contributed by atoms with Crippen LogP contribution in [-0.2, 0) is 9.59 Å². The summed E-state index contributed by atoms with van der Waals surface area (Å²) < 4.78 is 0. The summed E-state index contributed by atoms with van der Waals surface area (Å²) >= 11 is 0. The Balaban J connectivity index is 2.46. The molecule has 2 rings (SSSR count). The lowest BCUT2D eigenvalue weighted by molar-refractivity contribution is -0.153. The number of nitrogens with zero attached hydrogens (tertiary/aromatic N) is 1. The lowest BCUT2D eigenvalue weighted by Crippen LogP contribution is -2.61. The first kappa shape index (κ1) is 15.5. The van der Waals surface area contributed by atoms with E-state index in [9.17, 15) is 9.59 Å². The molecule has 4 nitrogen and oxygen atoms in total. The Hall–Kier alpha value is -1.84. The molecule has 4 heteroatoms. The number of hydrogen-bond acceptors (Lipinski definition) is 2. The topological polar surface area (TPSA) is 49.4 Å². The molecule has 0 bridgehead atoms. The number of piperazine rings is 1. The number of amides is 2. The molecule has 0 saturated carbocycles. The minimum Gasteiger partial charge on any atom is -0.342 e. The lowest BCUT2D eigenvalue weighted by atomic mass is 9.92. The molecule has 3 unspecified atom stereocenters. The fourth-order valence-corrected chi connectivity index (χ4v) is 3.12. The van der Waals surface area contributed by atoms with Crippen molar-refractivity contribution >= 4 is 11.8 Å². The Kier molecular flexibility index (Phi) is 4.66. The van der Waals surface area contributed by atoms with Gasteiger partial charge in [-0.3, -0.25) is 9.59 Å². The number of carbonyl (C=O) groups excluding carboxylic acids is 2. The van der Waals surface area contributed by atoms with Crippen LogP contribution in [0.4, 0.5) is 0 Å². The lowest BCUT2D eigenvalue weighted by Gasteiger charge is -2.44. The molecular formula is C17H24N2O2. The number of rotatable bonds is 4. The first-order chi connectivity index (χ1) is 9.97. The van der Waals surface area contributed by atoms with E-state index in [4.69, 9.17) is 0 Å². The second-order valence-corrected chi connectivity index (χ2v) is 6.01. The van der Waals surface area contributed by atoms with Crippen LogP contribution < -0.4 is 5.32 Å². The molecule has 21 heavy (non-hydrogen) atoms. The third-order valence-electron chi connectivity index (χ3n) is 4.17. The summed E-state index contributed by atoms with van der Waals surface area (Å²) in [7, 11) is 0. The molecule has 1 aromatic carbocycles. The van der Waals surface area contributed by atoms with Crippen molar-refractivity contribution in [1.29, 1.82) is 0 Å². The van der Waals surface area contributed by atoms with Crippen molar-refractivity contribution in [3.05, 3.63) is 35.9 Å². The standard InChI is InChI=1S/C17H24N2O2/c1-5-14(11(2)3)19-15(13-9-7-6-8-10-13)16(20)18-12(4)17(19)21/h6-12,14-15H,5H2,1-4H3,(H,18,20). The van der Waals surface area contributed by atoms with E-state index in [0.29, 0.717) is 5.92 Å². The molecule has 2 amide bonds. The van der Waals surface area contributed by atoms with Crippen molar-refractivity contribution in [3.63, 3.8) is 0 Å². The molecule has 0 spiro atoms. The molecule has 0 radical (unpaired) electrons. The maximum atomic E-state index is 12.7. The van der Waals surface area contributed by atoms with E-state index in [1.807, 2.05) is 30.3 Å². The van der Waals surface area contributed by atoms with Gasteiger partial charge in [-0.1, -0.05) is 51.1 Å². The summed E-state index contributed by atoms with van der Waals surface area (Å²) in [6.07, 6.45) is 0.840. The first-order valence-corrected chi connectivity index (χ1v) is 7.64. The summed E-state index contributed by atoms with van der Waals surface area (Å²) in [5.74, 6) is 0.222. The Labute approximate surface area is 126 Å². The highest BCUT2D eigenvalue weighted by Crippen LogP contribution is 2.31. The van der Waals surface area contributed by atoms with Gasteiger partial charge < -0.3 is 10.2 Å². The van der Waals surface area contributed by atoms with Crippen molar-refractivity contribution in [2.75, 3.05) is 0 Å². The van der Waals surface area contributed by atoms with E-state index in [0.717, 1.165) is 12.0 Å². The third-order valence-corrected chi connectivity index (χ3v) is 4.17. The van der Waals surface area contributed by atoms with Gasteiger partial charge in [0.2, 0.25) is 11.8 Å². The zero-order valence-electron chi connectivity index (χ0n) is 13.2. The predicted octanol–water partition coefficient (Wildman–Crippen LogP) is 2.51. The van der Waals surface area contributed by atoms with Crippen LogP contribution in [-0.4, -0.2) is 28.8 Å². The molecule has 1 N–H and O–H groups in total. The summed E-state index contributed by atoms with van der Waals surface area (Å²) in [5.41, 5.74) is 0.870. The van der Waals surface area contributed by atoms with Crippen LogP contribution in [0.5, 0.6) is 0 Å². The van der Waals surface area contributed by atoms with E-state index in [1.165, 1.54) is 0 Å². The summed E-state index contributed by atoms with van der Waals surface area (Å²) in [6.45, 7) is 8.01. The minimum atomic E-state index is -0.526. The Morgan fingerprint density at radius 2 is 1.81 bits per heavy atom. The highest BCUT2D eigenvalue weighted by Gasteiger charge is 2.43. The van der Waals surface area contributed by atoms with Gasteiger partial charge in [0.25, 0.3) is 0 Å². The summed E-state index contributed by atoms with van der Waals surface area (Å²) in [5, 5.41) is 2.80. The number of hydrogen-bond donors (Lipinski definition) is 1. The molecule has 1 aliphatic rings. The van der Waals surface area contributed by atoms with Crippen LogP contribution in [0.15, 0.2) is 30.3 Å². The van der Waals surface area contributed by atoms with Crippen LogP contribution in [0.3, 0.4) is 0 Å². The second-order valence-electron chi connectivity index (χ2n) is 6.01. The van der Waals surface area contributed by atoms with Gasteiger partial charge in [0.05, 0.1) is 0 Å². The first-order valence-electron chi connectivity index (χ1n) is 7.64. The molecule has 1 heterocycles. The molecule has 0 aromatic heterocycles. The zero-order valence-corrected chi connectivity index (χ0v) is 13.2. The Bertz CT molecular complexity index is 513. The van der Waals surface area contributed by atoms with Crippen molar-refractivity contribution < 1.29 is 9.59 Å². The molecule has 1 aliphatic heterocycles. The highest BCUT2D eigenvalue weighted by atomic mass is 16.2. The van der Waals surface area contributed by atoms with E-state index in [2.05, 4.69) is 26.1 Å². The second kappa shape index (κ2) is 6.29. The molecule has 1 aromatic rings. The Morgan fingerprint density at radius 1 is 1.19 bits per heavy atom. The van der Waals surface area contributed by atoms with Crippen molar-refractivity contribution in [3.8, 4) is 0 Å². The minimum absolute atomic E-state index is 0.00371. The normalized spacial score (nSPS) is 24.1. The van der Waals surface area contributed by atoms with Crippen LogP contribution in [0.2, 0.25) is 0 Å². The van der Waals surface area contributed by atoms with Gasteiger partial charge in [0.1, 0.15) is 12.1 Å². The van der Waals surface area contributed by atoms with Gasteiger partial charge in [0, 0.05) is 6.04 Å². The number of benzene rings is 1. The summed E-state index contributed by atoms with van der Waals surface area (Å²) in [6, 6.07) is 8.63. The molecule has 114 valence electrons. The molecule has 0 aliphatic carbocycles. The van der Waals surface area contributed by atoms with E-state index < -0.39 is 12.1 Å². The smallest absolute Gasteiger partial charge is 0.248 e. The van der Waals surface area contributed by atoms with Crippen molar-refractivity contribution in [1.82, 2.24) is 10.2 Å². The van der Waals surface area contributed by atoms with E-state index >= 15 is 0 Å². The largest absolute Gasteiger partial charge is 0.342 e. The number of nitrogens with one attached hydrogen (secondary N) is 1. The fraction of sp³-hybridized carbons (Fsp3) is 0.529.